The Morgan fingerprint density at radius 2 is 1.92 bits per heavy atom. The van der Waals surface area contributed by atoms with E-state index in [1.165, 1.54) is 15.6 Å². The van der Waals surface area contributed by atoms with E-state index in [4.69, 9.17) is 0 Å². The number of carbonyl (C=O) groups is 1. The van der Waals surface area contributed by atoms with E-state index < -0.39 is 10.0 Å². The van der Waals surface area contributed by atoms with Crippen molar-refractivity contribution in [3.63, 3.8) is 0 Å². The standard InChI is InChI=1S/C17H27BrN2O3S2/c1-12(2)4-5-13(3)19-17(21)14-8-10-20(11-9-14)25(22,23)16-7-6-15(18)24-16/h6-7,12-14H,4-5,8-11H2,1-3H3,(H,19,21)/t13-/m0/s1. The predicted octanol–water partition coefficient (Wildman–Crippen LogP) is 3.85. The highest BCUT2D eigenvalue weighted by atomic mass is 79.9. The van der Waals surface area contributed by atoms with Crippen molar-refractivity contribution in [2.75, 3.05) is 13.1 Å². The van der Waals surface area contributed by atoms with Crippen LogP contribution in [0.3, 0.4) is 0 Å². The molecule has 1 amide bonds. The van der Waals surface area contributed by atoms with Crippen molar-refractivity contribution in [1.82, 2.24) is 9.62 Å². The van der Waals surface area contributed by atoms with Crippen LogP contribution in [0.25, 0.3) is 0 Å². The number of sulfonamides is 1. The molecule has 1 fully saturated rings. The van der Waals surface area contributed by atoms with Gasteiger partial charge < -0.3 is 5.32 Å². The fraction of sp³-hybridized carbons (Fsp3) is 0.706. The van der Waals surface area contributed by atoms with Crippen LogP contribution in [0.2, 0.25) is 0 Å². The van der Waals surface area contributed by atoms with Crippen molar-refractivity contribution < 1.29 is 13.2 Å². The average molecular weight is 451 g/mol. The Kier molecular flexibility index (Phi) is 7.49. The minimum atomic E-state index is -3.44. The van der Waals surface area contributed by atoms with Crippen LogP contribution >= 0.6 is 27.3 Å². The third-order valence-electron chi connectivity index (χ3n) is 4.53. The summed E-state index contributed by atoms with van der Waals surface area (Å²) in [7, 11) is -3.44. The Hall–Kier alpha value is -0.440. The molecule has 25 heavy (non-hydrogen) atoms. The highest BCUT2D eigenvalue weighted by molar-refractivity contribution is 9.11. The minimum absolute atomic E-state index is 0.0622. The van der Waals surface area contributed by atoms with Crippen LogP contribution in [-0.4, -0.2) is 37.8 Å². The molecule has 0 spiro atoms. The molecule has 1 aromatic rings. The number of nitrogens with zero attached hydrogens (tertiary/aromatic N) is 1. The van der Waals surface area contributed by atoms with Gasteiger partial charge in [0.2, 0.25) is 5.91 Å². The van der Waals surface area contributed by atoms with Crippen molar-refractivity contribution in [1.29, 1.82) is 0 Å². The summed E-state index contributed by atoms with van der Waals surface area (Å²) in [5, 5.41) is 3.08. The first-order valence-corrected chi connectivity index (χ1v) is 11.8. The normalized spacial score (nSPS) is 18.4. The molecule has 1 aliphatic rings. The molecule has 0 radical (unpaired) electrons. The average Bonchev–Trinajstić information content (AvgIpc) is 3.00. The molecule has 0 unspecified atom stereocenters. The highest BCUT2D eigenvalue weighted by Gasteiger charge is 2.33. The summed E-state index contributed by atoms with van der Waals surface area (Å²) in [5.41, 5.74) is 0. The maximum absolute atomic E-state index is 12.6. The molecule has 2 heterocycles. The first-order chi connectivity index (χ1) is 11.7. The fourth-order valence-electron chi connectivity index (χ4n) is 2.94. The van der Waals surface area contributed by atoms with Crippen LogP contribution < -0.4 is 5.32 Å². The van der Waals surface area contributed by atoms with Gasteiger partial charge in [-0.25, -0.2) is 8.42 Å². The van der Waals surface area contributed by atoms with E-state index >= 15 is 0 Å². The number of piperidine rings is 1. The van der Waals surface area contributed by atoms with Gasteiger partial charge in [0.1, 0.15) is 4.21 Å². The molecule has 2 rings (SSSR count). The molecule has 1 saturated heterocycles. The molecular formula is C17H27BrN2O3S2. The summed E-state index contributed by atoms with van der Waals surface area (Å²) in [4.78, 5) is 12.4. The monoisotopic (exact) mass is 450 g/mol. The molecule has 0 aliphatic carbocycles. The second kappa shape index (κ2) is 8.97. The number of rotatable bonds is 7. The van der Waals surface area contributed by atoms with E-state index in [1.807, 2.05) is 6.92 Å². The van der Waals surface area contributed by atoms with Gasteiger partial charge in [0.25, 0.3) is 10.0 Å². The van der Waals surface area contributed by atoms with Gasteiger partial charge in [-0.05, 0) is 66.6 Å². The fourth-order valence-corrected chi connectivity index (χ4v) is 6.57. The van der Waals surface area contributed by atoms with E-state index in [0.29, 0.717) is 36.1 Å². The summed E-state index contributed by atoms with van der Waals surface area (Å²) in [6, 6.07) is 3.54. The molecule has 1 aliphatic heterocycles. The number of halogens is 1. The SMILES string of the molecule is CC(C)CC[C@H](C)NC(=O)C1CCN(S(=O)(=O)c2ccc(Br)s2)CC1. The van der Waals surface area contributed by atoms with E-state index in [9.17, 15) is 13.2 Å². The Balaban J connectivity index is 1.85. The zero-order chi connectivity index (χ0) is 18.6. The quantitative estimate of drug-likeness (QED) is 0.685. The number of carbonyl (C=O) groups excluding carboxylic acids is 1. The van der Waals surface area contributed by atoms with Crippen molar-refractivity contribution >= 4 is 43.2 Å². The van der Waals surface area contributed by atoms with E-state index in [2.05, 4.69) is 35.1 Å². The van der Waals surface area contributed by atoms with Gasteiger partial charge in [0, 0.05) is 25.0 Å². The molecule has 0 bridgehead atoms. The van der Waals surface area contributed by atoms with Gasteiger partial charge in [0.05, 0.1) is 3.79 Å². The van der Waals surface area contributed by atoms with Gasteiger partial charge in [-0.2, -0.15) is 4.31 Å². The lowest BCUT2D eigenvalue weighted by Crippen LogP contribution is -2.44. The number of hydrogen-bond acceptors (Lipinski definition) is 4. The number of thiophene rings is 1. The summed E-state index contributed by atoms with van der Waals surface area (Å²) in [6.07, 6.45) is 3.22. The van der Waals surface area contributed by atoms with Crippen molar-refractivity contribution in [3.8, 4) is 0 Å². The molecular weight excluding hydrogens is 424 g/mol. The lowest BCUT2D eigenvalue weighted by Gasteiger charge is -2.30. The van der Waals surface area contributed by atoms with Gasteiger partial charge in [-0.1, -0.05) is 13.8 Å². The van der Waals surface area contributed by atoms with Crippen molar-refractivity contribution in [2.45, 2.75) is 56.7 Å². The molecule has 8 heteroatoms. The molecule has 1 aromatic heterocycles. The van der Waals surface area contributed by atoms with E-state index in [1.54, 1.807) is 12.1 Å². The summed E-state index contributed by atoms with van der Waals surface area (Å²) >= 11 is 4.52. The van der Waals surface area contributed by atoms with Gasteiger partial charge in [-0.15, -0.1) is 11.3 Å². The van der Waals surface area contributed by atoms with Gasteiger partial charge >= 0.3 is 0 Å². The number of nitrogens with one attached hydrogen (secondary N) is 1. The van der Waals surface area contributed by atoms with Crippen LogP contribution in [0.5, 0.6) is 0 Å². The molecule has 142 valence electrons. The summed E-state index contributed by atoms with van der Waals surface area (Å²) in [5.74, 6) is 0.597. The Morgan fingerprint density at radius 3 is 2.44 bits per heavy atom. The molecule has 1 atom stereocenters. The molecule has 0 aromatic carbocycles. The van der Waals surface area contributed by atoms with Crippen LogP contribution in [0.1, 0.15) is 46.5 Å². The van der Waals surface area contributed by atoms with Crippen LogP contribution in [-0.2, 0) is 14.8 Å². The van der Waals surface area contributed by atoms with Crippen LogP contribution in [0, 0.1) is 11.8 Å². The first kappa shape index (κ1) is 20.9. The maximum atomic E-state index is 12.6. The topological polar surface area (TPSA) is 66.5 Å². The number of amides is 1. The number of hydrogen-bond donors (Lipinski definition) is 1. The maximum Gasteiger partial charge on any atom is 0.252 e. The van der Waals surface area contributed by atoms with Crippen LogP contribution in [0.15, 0.2) is 20.1 Å². The Morgan fingerprint density at radius 1 is 1.28 bits per heavy atom. The predicted molar refractivity (Wildman–Crippen MR) is 105 cm³/mol. The lowest BCUT2D eigenvalue weighted by molar-refractivity contribution is -0.126. The Bertz CT molecular complexity index is 680. The van der Waals surface area contributed by atoms with E-state index in [0.717, 1.165) is 16.6 Å². The van der Waals surface area contributed by atoms with Gasteiger partial charge in [-0.3, -0.25) is 4.79 Å². The Labute approximate surface area is 163 Å². The third-order valence-corrected chi connectivity index (χ3v) is 8.52. The zero-order valence-electron chi connectivity index (χ0n) is 15.0. The highest BCUT2D eigenvalue weighted by Crippen LogP contribution is 2.30. The molecule has 5 nitrogen and oxygen atoms in total. The van der Waals surface area contributed by atoms with Gasteiger partial charge in [0.15, 0.2) is 0 Å². The summed E-state index contributed by atoms with van der Waals surface area (Å²) < 4.78 is 27.9. The lowest BCUT2D eigenvalue weighted by atomic mass is 9.96. The van der Waals surface area contributed by atoms with Crippen LogP contribution in [0.4, 0.5) is 0 Å². The second-order valence-corrected chi connectivity index (χ2v) is 11.7. The third kappa shape index (κ3) is 5.77. The molecule has 1 N–H and O–H groups in total. The van der Waals surface area contributed by atoms with Crippen molar-refractivity contribution in [2.24, 2.45) is 11.8 Å². The molecule has 0 saturated carbocycles. The smallest absolute Gasteiger partial charge is 0.252 e. The largest absolute Gasteiger partial charge is 0.353 e. The second-order valence-electron chi connectivity index (χ2n) is 7.12. The summed E-state index contributed by atoms with van der Waals surface area (Å²) in [6.45, 7) is 7.19. The first-order valence-electron chi connectivity index (χ1n) is 8.76. The van der Waals surface area contributed by atoms with Crippen molar-refractivity contribution in [3.05, 3.63) is 15.9 Å². The van der Waals surface area contributed by atoms with E-state index in [-0.39, 0.29) is 17.9 Å². The zero-order valence-corrected chi connectivity index (χ0v) is 18.2. The minimum Gasteiger partial charge on any atom is -0.353 e.